The number of benzene rings is 2. The molecule has 0 saturated heterocycles. The van der Waals surface area contributed by atoms with Crippen LogP contribution in [0, 0.1) is 11.3 Å². The van der Waals surface area contributed by atoms with Gasteiger partial charge in [0.2, 0.25) is 0 Å². The van der Waals surface area contributed by atoms with Crippen molar-refractivity contribution < 1.29 is 14.3 Å². The SMILES string of the molecule is CC(C)(C)OC(=O)Nc1ccc2c(c1)[C@@H](NC(=O)Nc1ccccc1C#N)CCS2. The van der Waals surface area contributed by atoms with Crippen molar-refractivity contribution >= 4 is 35.3 Å². The van der Waals surface area contributed by atoms with Gasteiger partial charge in [0.05, 0.1) is 17.3 Å². The molecule has 0 bridgehead atoms. The molecule has 2 aromatic rings. The fraction of sp³-hybridized carbons (Fsp3) is 0.318. The third kappa shape index (κ3) is 5.67. The van der Waals surface area contributed by atoms with Gasteiger partial charge in [-0.15, -0.1) is 11.8 Å². The molecule has 0 spiro atoms. The Morgan fingerprint density at radius 1 is 1.17 bits per heavy atom. The summed E-state index contributed by atoms with van der Waals surface area (Å²) in [5.41, 5.74) is 1.81. The fourth-order valence-corrected chi connectivity index (χ4v) is 4.16. The highest BCUT2D eigenvalue weighted by Gasteiger charge is 2.24. The van der Waals surface area contributed by atoms with Gasteiger partial charge in [0.25, 0.3) is 0 Å². The Morgan fingerprint density at radius 3 is 2.67 bits per heavy atom. The quantitative estimate of drug-likeness (QED) is 0.623. The molecular formula is C22H24N4O3S. The molecule has 0 saturated carbocycles. The van der Waals surface area contributed by atoms with Crippen LogP contribution in [-0.2, 0) is 4.74 Å². The number of nitrogens with zero attached hydrogens (tertiary/aromatic N) is 1. The molecule has 1 aliphatic rings. The lowest BCUT2D eigenvalue weighted by molar-refractivity contribution is 0.0636. The molecule has 30 heavy (non-hydrogen) atoms. The second-order valence-corrected chi connectivity index (χ2v) is 8.96. The van der Waals surface area contributed by atoms with E-state index < -0.39 is 11.7 Å². The smallest absolute Gasteiger partial charge is 0.412 e. The summed E-state index contributed by atoms with van der Waals surface area (Å²) >= 11 is 1.71. The number of ether oxygens (including phenoxy) is 1. The zero-order valence-electron chi connectivity index (χ0n) is 17.1. The number of rotatable bonds is 3. The number of nitriles is 1. The van der Waals surface area contributed by atoms with Crippen molar-refractivity contribution in [2.24, 2.45) is 0 Å². The molecule has 3 rings (SSSR count). The predicted octanol–water partition coefficient (Wildman–Crippen LogP) is 5.26. The van der Waals surface area contributed by atoms with E-state index in [9.17, 15) is 14.9 Å². The Labute approximate surface area is 180 Å². The summed E-state index contributed by atoms with van der Waals surface area (Å²) in [6, 6.07) is 13.9. The molecular weight excluding hydrogens is 400 g/mol. The number of urea groups is 1. The van der Waals surface area contributed by atoms with Gasteiger partial charge in [-0.2, -0.15) is 5.26 Å². The third-order valence-corrected chi connectivity index (χ3v) is 5.42. The Hall–Kier alpha value is -3.18. The van der Waals surface area contributed by atoms with Crippen molar-refractivity contribution in [2.75, 3.05) is 16.4 Å². The molecule has 0 radical (unpaired) electrons. The summed E-state index contributed by atoms with van der Waals surface area (Å²) in [5, 5.41) is 17.6. The van der Waals surface area contributed by atoms with Gasteiger partial charge >= 0.3 is 12.1 Å². The van der Waals surface area contributed by atoms with Crippen LogP contribution in [0.15, 0.2) is 47.4 Å². The second kappa shape index (κ2) is 9.09. The van der Waals surface area contributed by atoms with E-state index in [2.05, 4.69) is 22.0 Å². The van der Waals surface area contributed by atoms with E-state index in [1.54, 1.807) is 56.8 Å². The maximum atomic E-state index is 12.5. The highest BCUT2D eigenvalue weighted by molar-refractivity contribution is 7.99. The van der Waals surface area contributed by atoms with Crippen LogP contribution in [0.25, 0.3) is 0 Å². The standard InChI is InChI=1S/C22H24N4O3S/c1-22(2,3)29-21(28)24-15-8-9-19-16(12-15)18(10-11-30-19)26-20(27)25-17-7-5-4-6-14(17)13-23/h4-9,12,18H,10-11H2,1-3H3,(H,24,28)(H2,25,26,27)/t18-/m0/s1. The van der Waals surface area contributed by atoms with Crippen LogP contribution < -0.4 is 16.0 Å². The first-order valence-corrected chi connectivity index (χ1v) is 10.6. The Morgan fingerprint density at radius 2 is 1.93 bits per heavy atom. The number of carbonyl (C=O) groups excluding carboxylic acids is 2. The number of para-hydroxylation sites is 1. The predicted molar refractivity (Wildman–Crippen MR) is 118 cm³/mol. The zero-order valence-corrected chi connectivity index (χ0v) is 17.9. The van der Waals surface area contributed by atoms with E-state index in [0.717, 1.165) is 22.6 Å². The molecule has 1 aliphatic heterocycles. The molecule has 2 aromatic carbocycles. The van der Waals surface area contributed by atoms with Crippen LogP contribution >= 0.6 is 11.8 Å². The first kappa shape index (κ1) is 21.5. The normalized spacial score (nSPS) is 15.3. The van der Waals surface area contributed by atoms with Crippen molar-refractivity contribution in [1.29, 1.82) is 5.26 Å². The van der Waals surface area contributed by atoms with Gasteiger partial charge in [0, 0.05) is 16.3 Å². The maximum absolute atomic E-state index is 12.5. The van der Waals surface area contributed by atoms with Gasteiger partial charge in [-0.25, -0.2) is 9.59 Å². The van der Waals surface area contributed by atoms with Gasteiger partial charge < -0.3 is 15.4 Å². The van der Waals surface area contributed by atoms with Gasteiger partial charge in [0.15, 0.2) is 0 Å². The summed E-state index contributed by atoms with van der Waals surface area (Å²) in [4.78, 5) is 25.7. The number of anilines is 2. The summed E-state index contributed by atoms with van der Waals surface area (Å²) in [7, 11) is 0. The minimum Gasteiger partial charge on any atom is -0.444 e. The van der Waals surface area contributed by atoms with Crippen molar-refractivity contribution in [1.82, 2.24) is 5.32 Å². The number of amides is 3. The lowest BCUT2D eigenvalue weighted by atomic mass is 10.0. The number of thioether (sulfide) groups is 1. The molecule has 8 heteroatoms. The summed E-state index contributed by atoms with van der Waals surface area (Å²) in [6.07, 6.45) is 0.224. The van der Waals surface area contributed by atoms with Crippen molar-refractivity contribution in [3.05, 3.63) is 53.6 Å². The Kier molecular flexibility index (Phi) is 6.53. The van der Waals surface area contributed by atoms with E-state index in [4.69, 9.17) is 4.74 Å². The van der Waals surface area contributed by atoms with Crippen LogP contribution in [-0.4, -0.2) is 23.5 Å². The van der Waals surface area contributed by atoms with Crippen molar-refractivity contribution in [3.8, 4) is 6.07 Å². The third-order valence-electron chi connectivity index (χ3n) is 4.30. The van der Waals surface area contributed by atoms with Gasteiger partial charge in [-0.05, 0) is 63.1 Å². The number of nitrogens with one attached hydrogen (secondary N) is 3. The average Bonchev–Trinajstić information content (AvgIpc) is 2.67. The van der Waals surface area contributed by atoms with E-state index in [1.165, 1.54) is 0 Å². The molecule has 3 N–H and O–H groups in total. The van der Waals surface area contributed by atoms with Crippen LogP contribution in [0.2, 0.25) is 0 Å². The minimum absolute atomic E-state index is 0.212. The maximum Gasteiger partial charge on any atom is 0.412 e. The van der Waals surface area contributed by atoms with E-state index in [1.807, 2.05) is 18.2 Å². The van der Waals surface area contributed by atoms with Gasteiger partial charge in [-0.1, -0.05) is 12.1 Å². The molecule has 1 atom stereocenters. The van der Waals surface area contributed by atoms with Crippen LogP contribution in [0.5, 0.6) is 0 Å². The lowest BCUT2D eigenvalue weighted by Gasteiger charge is -2.27. The molecule has 0 aromatic heterocycles. The molecule has 156 valence electrons. The number of hydrogen-bond acceptors (Lipinski definition) is 5. The monoisotopic (exact) mass is 424 g/mol. The first-order chi connectivity index (χ1) is 14.2. The first-order valence-electron chi connectivity index (χ1n) is 9.58. The number of fused-ring (bicyclic) bond motifs is 1. The van der Waals surface area contributed by atoms with Crippen LogP contribution in [0.3, 0.4) is 0 Å². The Bertz CT molecular complexity index is 995. The highest BCUT2D eigenvalue weighted by Crippen LogP contribution is 2.37. The fourth-order valence-electron chi connectivity index (χ4n) is 3.05. The largest absolute Gasteiger partial charge is 0.444 e. The van der Waals surface area contributed by atoms with Crippen LogP contribution in [0.1, 0.15) is 44.4 Å². The van der Waals surface area contributed by atoms with E-state index in [-0.39, 0.29) is 12.1 Å². The number of carbonyl (C=O) groups is 2. The van der Waals surface area contributed by atoms with E-state index >= 15 is 0 Å². The molecule has 7 nitrogen and oxygen atoms in total. The van der Waals surface area contributed by atoms with Crippen molar-refractivity contribution in [2.45, 2.75) is 43.7 Å². The Balaban J connectivity index is 1.72. The minimum atomic E-state index is -0.587. The summed E-state index contributed by atoms with van der Waals surface area (Å²) in [6.45, 7) is 5.41. The number of hydrogen-bond donors (Lipinski definition) is 3. The average molecular weight is 425 g/mol. The van der Waals surface area contributed by atoms with Crippen LogP contribution in [0.4, 0.5) is 21.0 Å². The van der Waals surface area contributed by atoms with E-state index in [0.29, 0.717) is 16.9 Å². The molecule has 0 unspecified atom stereocenters. The molecule has 3 amide bonds. The zero-order chi connectivity index (χ0) is 21.7. The molecule has 0 aliphatic carbocycles. The second-order valence-electron chi connectivity index (χ2n) is 7.83. The van der Waals surface area contributed by atoms with Crippen molar-refractivity contribution in [3.63, 3.8) is 0 Å². The summed E-state index contributed by atoms with van der Waals surface area (Å²) < 4.78 is 5.30. The summed E-state index contributed by atoms with van der Waals surface area (Å²) in [5.74, 6) is 0.867. The lowest BCUT2D eigenvalue weighted by Crippen LogP contribution is -2.34. The van der Waals surface area contributed by atoms with Gasteiger partial charge in [-0.3, -0.25) is 5.32 Å². The highest BCUT2D eigenvalue weighted by atomic mass is 32.2. The topological polar surface area (TPSA) is 103 Å². The molecule has 0 fully saturated rings. The molecule has 1 heterocycles. The van der Waals surface area contributed by atoms with Gasteiger partial charge in [0.1, 0.15) is 11.7 Å².